The lowest BCUT2D eigenvalue weighted by Gasteiger charge is -2.26. The van der Waals surface area contributed by atoms with Gasteiger partial charge in [0.05, 0.1) is 36.5 Å². The molecule has 1 atom stereocenters. The van der Waals surface area contributed by atoms with Crippen molar-refractivity contribution in [1.29, 1.82) is 0 Å². The summed E-state index contributed by atoms with van der Waals surface area (Å²) in [7, 11) is 2.95. The van der Waals surface area contributed by atoms with E-state index in [1.165, 1.54) is 25.2 Å². The summed E-state index contributed by atoms with van der Waals surface area (Å²) in [4.78, 5) is 31.8. The van der Waals surface area contributed by atoms with Gasteiger partial charge in [-0.2, -0.15) is 0 Å². The number of methoxy groups -OCH3 is 2. The molecule has 1 unspecified atom stereocenters. The summed E-state index contributed by atoms with van der Waals surface area (Å²) in [6.07, 6.45) is 3.13. The van der Waals surface area contributed by atoms with Crippen LogP contribution in [0.2, 0.25) is 5.02 Å². The molecule has 1 aromatic heterocycles. The van der Waals surface area contributed by atoms with Crippen molar-refractivity contribution in [3.05, 3.63) is 88.7 Å². The number of aliphatic hydroxyl groups is 1. The van der Waals surface area contributed by atoms with Gasteiger partial charge in [0, 0.05) is 18.0 Å². The fourth-order valence-electron chi connectivity index (χ4n) is 3.73. The number of anilines is 1. The third-order valence-corrected chi connectivity index (χ3v) is 5.51. The molecule has 0 aliphatic carbocycles. The van der Waals surface area contributed by atoms with Crippen molar-refractivity contribution in [3.63, 3.8) is 0 Å². The van der Waals surface area contributed by atoms with E-state index < -0.39 is 17.7 Å². The molecule has 1 saturated heterocycles. The SMILES string of the molecule is COc1ccc(/C(O)=C2/C(=O)C(=O)N(c3ccccc3OC)C2c2cccnc2)cc1Cl. The van der Waals surface area contributed by atoms with E-state index in [2.05, 4.69) is 4.98 Å². The summed E-state index contributed by atoms with van der Waals surface area (Å²) in [5.74, 6) is -1.13. The Balaban J connectivity index is 1.95. The second-order valence-corrected chi connectivity index (χ2v) is 7.38. The fourth-order valence-corrected chi connectivity index (χ4v) is 3.99. The Kier molecular flexibility index (Phi) is 5.83. The number of carbonyl (C=O) groups is 2. The highest BCUT2D eigenvalue weighted by Gasteiger charge is 2.47. The van der Waals surface area contributed by atoms with Gasteiger partial charge in [-0.25, -0.2) is 0 Å². The molecule has 1 amide bonds. The van der Waals surface area contributed by atoms with E-state index in [4.69, 9.17) is 21.1 Å². The molecular weight excluding hydrogens is 432 g/mol. The van der Waals surface area contributed by atoms with Crippen molar-refractivity contribution in [3.8, 4) is 11.5 Å². The Bertz CT molecular complexity index is 1230. The van der Waals surface area contributed by atoms with Gasteiger partial charge < -0.3 is 14.6 Å². The Morgan fingerprint density at radius 2 is 1.78 bits per heavy atom. The van der Waals surface area contributed by atoms with Gasteiger partial charge in [0.2, 0.25) is 0 Å². The number of aliphatic hydroxyl groups excluding tert-OH is 1. The Hall–Kier alpha value is -3.84. The number of Topliss-reactive ketones (excluding diaryl/α,β-unsaturated/α-hetero) is 1. The number of benzene rings is 2. The van der Waals surface area contributed by atoms with Crippen LogP contribution in [0.4, 0.5) is 5.69 Å². The molecule has 0 bridgehead atoms. The molecular formula is C24H19ClN2O5. The average Bonchev–Trinajstić information content (AvgIpc) is 3.09. The first-order chi connectivity index (χ1) is 15.5. The van der Waals surface area contributed by atoms with E-state index in [0.29, 0.717) is 22.7 Å². The number of para-hydroxylation sites is 2. The van der Waals surface area contributed by atoms with E-state index in [1.807, 2.05) is 0 Å². The first-order valence-corrected chi connectivity index (χ1v) is 10.0. The van der Waals surface area contributed by atoms with Gasteiger partial charge in [-0.05, 0) is 42.0 Å². The Morgan fingerprint density at radius 3 is 2.44 bits per heavy atom. The Labute approximate surface area is 189 Å². The number of hydrogen-bond donors (Lipinski definition) is 1. The number of nitrogens with zero attached hydrogens (tertiary/aromatic N) is 2. The van der Waals surface area contributed by atoms with Gasteiger partial charge in [-0.15, -0.1) is 0 Å². The van der Waals surface area contributed by atoms with Crippen LogP contribution in [0.1, 0.15) is 17.2 Å². The maximum absolute atomic E-state index is 13.2. The van der Waals surface area contributed by atoms with Crippen molar-refractivity contribution < 1.29 is 24.2 Å². The van der Waals surface area contributed by atoms with Gasteiger partial charge in [-0.1, -0.05) is 29.8 Å². The second kappa shape index (κ2) is 8.72. The van der Waals surface area contributed by atoms with Gasteiger partial charge in [-0.3, -0.25) is 19.5 Å². The van der Waals surface area contributed by atoms with Crippen LogP contribution < -0.4 is 14.4 Å². The zero-order valence-corrected chi connectivity index (χ0v) is 18.0. The third kappa shape index (κ3) is 3.56. The number of halogens is 1. The quantitative estimate of drug-likeness (QED) is 0.352. The fraction of sp³-hybridized carbons (Fsp3) is 0.125. The van der Waals surface area contributed by atoms with Crippen LogP contribution in [-0.2, 0) is 9.59 Å². The second-order valence-electron chi connectivity index (χ2n) is 6.98. The van der Waals surface area contributed by atoms with Gasteiger partial charge >= 0.3 is 0 Å². The lowest BCUT2D eigenvalue weighted by molar-refractivity contribution is -0.132. The highest BCUT2D eigenvalue weighted by Crippen LogP contribution is 2.45. The number of ketones is 1. The minimum Gasteiger partial charge on any atom is -0.507 e. The molecule has 0 spiro atoms. The van der Waals surface area contributed by atoms with Gasteiger partial charge in [0.1, 0.15) is 17.3 Å². The number of aromatic nitrogens is 1. The van der Waals surface area contributed by atoms with E-state index in [0.717, 1.165) is 0 Å². The summed E-state index contributed by atoms with van der Waals surface area (Å²) in [5, 5.41) is 11.4. The summed E-state index contributed by atoms with van der Waals surface area (Å²) in [6.45, 7) is 0. The summed E-state index contributed by atoms with van der Waals surface area (Å²) in [5.41, 5.74) is 1.16. The molecule has 0 radical (unpaired) electrons. The van der Waals surface area contributed by atoms with E-state index >= 15 is 0 Å². The van der Waals surface area contributed by atoms with Crippen LogP contribution in [0.25, 0.3) is 5.76 Å². The van der Waals surface area contributed by atoms with Crippen LogP contribution >= 0.6 is 11.6 Å². The molecule has 4 rings (SSSR count). The van der Waals surface area contributed by atoms with Crippen LogP contribution in [0, 0.1) is 0 Å². The van der Waals surface area contributed by atoms with Crippen LogP contribution in [0.5, 0.6) is 11.5 Å². The van der Waals surface area contributed by atoms with Crippen LogP contribution in [-0.4, -0.2) is 36.0 Å². The molecule has 7 nitrogen and oxygen atoms in total. The number of carbonyl (C=O) groups excluding carboxylic acids is 2. The standard InChI is InChI=1S/C24H19ClN2O5/c1-31-18-10-9-14(12-16(18)25)22(28)20-21(15-6-5-11-26-13-15)27(24(30)23(20)29)17-7-3-4-8-19(17)32-2/h3-13,21,28H,1-2H3/b22-20-. The third-order valence-electron chi connectivity index (χ3n) is 5.21. The molecule has 2 heterocycles. The minimum absolute atomic E-state index is 0.0739. The first-order valence-electron chi connectivity index (χ1n) is 9.65. The van der Waals surface area contributed by atoms with Gasteiger partial charge in [0.25, 0.3) is 11.7 Å². The van der Waals surface area contributed by atoms with E-state index in [-0.39, 0.29) is 21.9 Å². The maximum Gasteiger partial charge on any atom is 0.300 e. The molecule has 1 aliphatic rings. The van der Waals surface area contributed by atoms with Crippen molar-refractivity contribution in [1.82, 2.24) is 4.98 Å². The molecule has 1 fully saturated rings. The zero-order valence-electron chi connectivity index (χ0n) is 17.3. The highest BCUT2D eigenvalue weighted by molar-refractivity contribution is 6.52. The van der Waals surface area contributed by atoms with Crippen LogP contribution in [0.15, 0.2) is 72.6 Å². The lowest BCUT2D eigenvalue weighted by Crippen LogP contribution is -2.29. The maximum atomic E-state index is 13.2. The summed E-state index contributed by atoms with van der Waals surface area (Å²) >= 11 is 6.22. The number of amides is 1. The summed E-state index contributed by atoms with van der Waals surface area (Å²) < 4.78 is 10.6. The molecule has 1 aliphatic heterocycles. The Morgan fingerprint density at radius 1 is 1.03 bits per heavy atom. The average molecular weight is 451 g/mol. The molecule has 3 aromatic rings. The molecule has 2 aromatic carbocycles. The molecule has 8 heteroatoms. The number of pyridine rings is 1. The minimum atomic E-state index is -0.916. The molecule has 32 heavy (non-hydrogen) atoms. The van der Waals surface area contributed by atoms with Crippen molar-refractivity contribution >= 4 is 34.7 Å². The predicted molar refractivity (Wildman–Crippen MR) is 120 cm³/mol. The number of rotatable bonds is 5. The van der Waals surface area contributed by atoms with Crippen molar-refractivity contribution in [2.75, 3.05) is 19.1 Å². The number of hydrogen-bond acceptors (Lipinski definition) is 6. The topological polar surface area (TPSA) is 89.0 Å². The van der Waals surface area contributed by atoms with Crippen molar-refractivity contribution in [2.45, 2.75) is 6.04 Å². The highest BCUT2D eigenvalue weighted by atomic mass is 35.5. The predicted octanol–water partition coefficient (Wildman–Crippen LogP) is 4.38. The van der Waals surface area contributed by atoms with Gasteiger partial charge in [0.15, 0.2) is 0 Å². The van der Waals surface area contributed by atoms with E-state index in [1.54, 1.807) is 60.9 Å². The number of ether oxygens (including phenoxy) is 2. The molecule has 0 saturated carbocycles. The first kappa shape index (κ1) is 21.4. The molecule has 1 N–H and O–H groups in total. The van der Waals surface area contributed by atoms with Crippen LogP contribution in [0.3, 0.4) is 0 Å². The zero-order chi connectivity index (χ0) is 22.8. The smallest absolute Gasteiger partial charge is 0.300 e. The summed E-state index contributed by atoms with van der Waals surface area (Å²) in [6, 6.07) is 14.0. The lowest BCUT2D eigenvalue weighted by atomic mass is 9.96. The normalized spacial score (nSPS) is 17.5. The monoisotopic (exact) mass is 450 g/mol. The molecule has 162 valence electrons. The van der Waals surface area contributed by atoms with Crippen molar-refractivity contribution in [2.24, 2.45) is 0 Å². The largest absolute Gasteiger partial charge is 0.507 e. The van der Waals surface area contributed by atoms with E-state index in [9.17, 15) is 14.7 Å².